The lowest BCUT2D eigenvalue weighted by Gasteiger charge is -2.32. The Labute approximate surface area is 433 Å². The van der Waals surface area contributed by atoms with E-state index in [0.29, 0.717) is 65.7 Å². The fourth-order valence-electron chi connectivity index (χ4n) is 10.1. The first kappa shape index (κ1) is 34.4. The van der Waals surface area contributed by atoms with Gasteiger partial charge in [-0.15, -0.1) is 0 Å². The summed E-state index contributed by atoms with van der Waals surface area (Å²) in [6.07, 6.45) is 0. The monoisotopic (exact) mass is 942 g/mol. The maximum atomic E-state index is 17.9. The summed E-state index contributed by atoms with van der Waals surface area (Å²) in [7, 11) is 0. The van der Waals surface area contributed by atoms with Gasteiger partial charge in [0.2, 0.25) is 0 Å². The van der Waals surface area contributed by atoms with Crippen LogP contribution in [0.25, 0.3) is 76.8 Å². The number of rotatable bonds is 10. The second-order valence-electron chi connectivity index (χ2n) is 18.3. The Morgan fingerprint density at radius 2 is 0.653 bits per heavy atom. The first-order valence-electron chi connectivity index (χ1n) is 28.7. The topological polar surface area (TPSA) is 6.48 Å². The van der Waals surface area contributed by atoms with Crippen molar-refractivity contribution in [1.29, 1.82) is 0 Å². The molecular weight excluding hydrogens is 883 g/mol. The number of hydrogen-bond acceptors (Lipinski definition) is 2. The predicted molar refractivity (Wildman–Crippen MR) is 300 cm³/mol. The van der Waals surface area contributed by atoms with Crippen molar-refractivity contribution < 1.29 is 22.5 Å². The molecule has 0 saturated carbocycles. The Balaban J connectivity index is 1.22. The van der Waals surface area contributed by atoms with Crippen LogP contribution in [0.15, 0.2) is 230 Å². The third-order valence-electron chi connectivity index (χ3n) is 13.6. The summed E-state index contributed by atoms with van der Waals surface area (Å²) in [6, 6.07) is 45.4. The van der Waals surface area contributed by atoms with Crippen molar-refractivity contribution in [3.63, 3.8) is 0 Å². The molecule has 0 aliphatic carbocycles. The zero-order valence-electron chi connectivity index (χ0n) is 49.8. The van der Waals surface area contributed by atoms with Gasteiger partial charge < -0.3 is 9.80 Å². The van der Waals surface area contributed by atoms with Gasteiger partial charge >= 0.3 is 0 Å². The van der Waals surface area contributed by atoms with E-state index in [2.05, 4.69) is 0 Å². The molecule has 72 heavy (non-hydrogen) atoms. The van der Waals surface area contributed by atoms with Gasteiger partial charge in [-0.1, -0.05) is 204 Å². The van der Waals surface area contributed by atoms with Crippen LogP contribution >= 0.6 is 0 Å². The summed E-state index contributed by atoms with van der Waals surface area (Å²) in [6.45, 7) is 7.82. The Kier molecular flexibility index (Phi) is 8.68. The third kappa shape index (κ3) is 7.73. The van der Waals surface area contributed by atoms with Gasteiger partial charge in [0.25, 0.3) is 0 Å². The van der Waals surface area contributed by atoms with Gasteiger partial charge in [0, 0.05) is 33.3 Å². The average molecular weight is 943 g/mol. The number of aryl methyl sites for hydroxylation is 4. The Bertz CT molecular complexity index is 4220. The fraction of sp³-hybridized carbons (Fsp3) is 0.0588. The number of benzene rings is 12. The highest BCUT2D eigenvalue weighted by Crippen LogP contribution is 2.53. The van der Waals surface area contributed by atoms with Crippen molar-refractivity contribution in [3.05, 3.63) is 264 Å². The summed E-state index contributed by atoms with van der Waals surface area (Å²) in [4.78, 5) is 2.88. The molecule has 0 bridgehead atoms. The van der Waals surface area contributed by atoms with E-state index in [0.717, 1.165) is 33.4 Å². The lowest BCUT2D eigenvalue weighted by atomic mass is 9.89. The van der Waals surface area contributed by atoms with Crippen molar-refractivity contribution in [3.8, 4) is 44.5 Å². The predicted octanol–water partition coefficient (Wildman–Crippen LogP) is 19.7. The molecule has 346 valence electrons. The van der Waals surface area contributed by atoms with E-state index in [9.17, 15) is 5.48 Å². The minimum Gasteiger partial charge on any atom is -0.307 e. The third-order valence-corrected chi connectivity index (χ3v) is 13.6. The number of anilines is 6. The van der Waals surface area contributed by atoms with Crippen LogP contribution in [0.2, 0.25) is 0 Å². The number of hydrogen-bond donors (Lipinski definition) is 0. The van der Waals surface area contributed by atoms with Crippen LogP contribution in [-0.2, 0) is 0 Å². The standard InChI is InChI=1S/C68H50F2N2/c1-43-15-23-47(24-16-43)55-37-39-59(69)67(65(55)51-27-19-45(3)20-28-51)71(53-11-7-5-8-12-53)61-41-33-49-32-36-58-62(42-34-50-31-35-57(61)63(49)64(50)58)72(54-13-9-6-10-14-54)68-60(70)40-38-56(48-25-17-44(2)18-26-48)66(68)52-29-21-46(4)22-30-52/h5-42H,1-4H3/i5D,6D,7D,8D,9D,10D,11D,12D,13D,14D. The molecule has 0 N–H and O–H groups in total. The van der Waals surface area contributed by atoms with Crippen LogP contribution in [0.4, 0.5) is 42.9 Å². The molecule has 12 aromatic carbocycles. The van der Waals surface area contributed by atoms with Gasteiger partial charge in [-0.2, -0.15) is 0 Å². The molecule has 0 saturated heterocycles. The van der Waals surface area contributed by atoms with Gasteiger partial charge in [0.15, 0.2) is 0 Å². The van der Waals surface area contributed by atoms with E-state index in [1.165, 1.54) is 21.9 Å². The first-order chi connectivity index (χ1) is 39.3. The normalized spacial score (nSPS) is 13.4. The van der Waals surface area contributed by atoms with Gasteiger partial charge in [0.1, 0.15) is 11.6 Å². The van der Waals surface area contributed by atoms with Crippen LogP contribution < -0.4 is 9.80 Å². The number of nitrogens with zero attached hydrogens (tertiary/aromatic N) is 2. The molecule has 0 amide bonds. The first-order valence-corrected chi connectivity index (χ1v) is 23.7. The van der Waals surface area contributed by atoms with Crippen LogP contribution in [0, 0.1) is 39.3 Å². The van der Waals surface area contributed by atoms with Crippen molar-refractivity contribution in [1.82, 2.24) is 0 Å². The molecule has 0 spiro atoms. The van der Waals surface area contributed by atoms with Gasteiger partial charge in [-0.3, -0.25) is 0 Å². The average Bonchev–Trinajstić information content (AvgIpc) is 1.12. The zero-order valence-corrected chi connectivity index (χ0v) is 39.8. The summed E-state index contributed by atoms with van der Waals surface area (Å²) in [5, 5.41) is 3.57. The van der Waals surface area contributed by atoms with Gasteiger partial charge in [0.05, 0.1) is 36.5 Å². The second-order valence-corrected chi connectivity index (χ2v) is 18.3. The van der Waals surface area contributed by atoms with Crippen LogP contribution in [0.3, 0.4) is 0 Å². The zero-order chi connectivity index (χ0) is 57.7. The van der Waals surface area contributed by atoms with Gasteiger partial charge in [-0.25, -0.2) is 8.78 Å². The minimum absolute atomic E-state index is 0.0730. The Morgan fingerprint density at radius 1 is 0.333 bits per heavy atom. The van der Waals surface area contributed by atoms with E-state index >= 15 is 8.78 Å². The molecular formula is C68H50F2N2. The molecule has 0 heterocycles. The maximum absolute atomic E-state index is 17.9. The van der Waals surface area contributed by atoms with Gasteiger partial charge in [-0.05, 0) is 131 Å². The molecule has 0 unspecified atom stereocenters. The lowest BCUT2D eigenvalue weighted by Crippen LogP contribution is -2.15. The molecule has 0 atom stereocenters. The van der Waals surface area contributed by atoms with Crippen molar-refractivity contribution in [2.24, 2.45) is 0 Å². The second kappa shape index (κ2) is 18.1. The van der Waals surface area contributed by atoms with E-state index in [1.807, 2.05) is 161 Å². The fourth-order valence-corrected chi connectivity index (χ4v) is 10.1. The highest BCUT2D eigenvalue weighted by molar-refractivity contribution is 6.28. The summed E-state index contributed by atoms with van der Waals surface area (Å²) >= 11 is 0. The summed E-state index contributed by atoms with van der Waals surface area (Å²) in [5.41, 5.74) is 8.45. The smallest absolute Gasteiger partial charge is 0.147 e. The lowest BCUT2D eigenvalue weighted by molar-refractivity contribution is 0.629. The molecule has 0 aliphatic rings. The number of para-hydroxylation sites is 2. The Hall–Kier alpha value is -8.86. The molecule has 12 rings (SSSR count). The highest BCUT2D eigenvalue weighted by atomic mass is 19.1. The van der Waals surface area contributed by atoms with E-state index < -0.39 is 72.1 Å². The van der Waals surface area contributed by atoms with Crippen molar-refractivity contribution in [2.75, 3.05) is 9.80 Å². The van der Waals surface area contributed by atoms with E-state index in [4.69, 9.17) is 8.22 Å². The molecule has 0 aliphatic heterocycles. The quantitative estimate of drug-likeness (QED) is 0.126. The largest absolute Gasteiger partial charge is 0.307 e. The molecule has 4 heteroatoms. The van der Waals surface area contributed by atoms with Crippen LogP contribution in [0.5, 0.6) is 0 Å². The SMILES string of the molecule is [2H]c1c([2H])c([2H])c(N(c2c(F)ccc(-c3ccc(C)cc3)c2-c2ccc(C)cc2)c2ccc3ccc4c(N(c5c([2H])c([2H])c([2H])c([2H])c5[2H])c5c(F)ccc(-c6ccc(C)cc6)c5-c5ccc(C)cc5)ccc5ccc2c3c54)c([2H])c1[2H]. The molecule has 0 radical (unpaired) electrons. The number of halogens is 2. The summed E-state index contributed by atoms with van der Waals surface area (Å²) in [5.74, 6) is -1.47. The molecule has 0 fully saturated rings. The highest BCUT2D eigenvalue weighted by Gasteiger charge is 2.29. The van der Waals surface area contributed by atoms with Crippen molar-refractivity contribution >= 4 is 66.4 Å². The van der Waals surface area contributed by atoms with E-state index in [-0.39, 0.29) is 34.1 Å². The van der Waals surface area contributed by atoms with Crippen LogP contribution in [0.1, 0.15) is 36.0 Å². The van der Waals surface area contributed by atoms with Crippen LogP contribution in [-0.4, -0.2) is 0 Å². The minimum atomic E-state index is -0.736. The molecule has 12 aromatic rings. The van der Waals surface area contributed by atoms with Crippen molar-refractivity contribution in [2.45, 2.75) is 27.7 Å². The molecule has 2 nitrogen and oxygen atoms in total. The summed E-state index contributed by atoms with van der Waals surface area (Å²) < 4.78 is 127. The Morgan fingerprint density at radius 3 is 1.00 bits per heavy atom. The maximum Gasteiger partial charge on any atom is 0.147 e. The van der Waals surface area contributed by atoms with E-state index in [1.54, 1.807) is 24.3 Å². The molecule has 0 aromatic heterocycles.